The summed E-state index contributed by atoms with van der Waals surface area (Å²) in [5.74, 6) is -1.05. The van der Waals surface area contributed by atoms with Gasteiger partial charge in [-0.05, 0) is 41.8 Å². The summed E-state index contributed by atoms with van der Waals surface area (Å²) in [5, 5.41) is 2.11. The first-order valence-corrected chi connectivity index (χ1v) is 10.2. The van der Waals surface area contributed by atoms with Crippen LogP contribution in [0.15, 0.2) is 72.8 Å². The van der Waals surface area contributed by atoms with Gasteiger partial charge in [-0.3, -0.25) is 9.59 Å². The molecule has 0 saturated heterocycles. The standard InChI is InChI=1S/C25H21F3N2O2/c1-2-30-21-15-19(13-12-18(21)14-17-10-6-7-11-20(17)24(30)32)23(31)29-22(25(26,27)28)16-8-4-3-5-9-16/h3-13,15,22H,2,14H2,1H3,(H,29,31). The molecule has 1 unspecified atom stereocenters. The molecule has 0 spiro atoms. The van der Waals surface area contributed by atoms with E-state index in [1.807, 2.05) is 19.1 Å². The molecule has 0 aromatic heterocycles. The predicted molar refractivity (Wildman–Crippen MR) is 116 cm³/mol. The number of hydrogen-bond acceptors (Lipinski definition) is 2. The Morgan fingerprint density at radius 2 is 1.69 bits per heavy atom. The quantitative estimate of drug-likeness (QED) is 0.602. The molecule has 0 fully saturated rings. The molecule has 0 bridgehead atoms. The molecule has 1 N–H and O–H groups in total. The van der Waals surface area contributed by atoms with E-state index < -0.39 is 18.1 Å². The van der Waals surface area contributed by atoms with Gasteiger partial charge in [-0.15, -0.1) is 0 Å². The number of carbonyl (C=O) groups excluding carboxylic acids is 2. The molecule has 0 aliphatic carbocycles. The highest BCUT2D eigenvalue weighted by molar-refractivity contribution is 6.09. The van der Waals surface area contributed by atoms with Crippen LogP contribution in [0.2, 0.25) is 0 Å². The third-order valence-electron chi connectivity index (χ3n) is 5.56. The minimum absolute atomic E-state index is 0.0519. The van der Waals surface area contributed by atoms with Crippen molar-refractivity contribution in [1.82, 2.24) is 5.32 Å². The third-order valence-corrected chi connectivity index (χ3v) is 5.56. The number of anilines is 1. The number of carbonyl (C=O) groups is 2. The molecule has 164 valence electrons. The molecule has 1 aliphatic rings. The van der Waals surface area contributed by atoms with Crippen molar-refractivity contribution < 1.29 is 22.8 Å². The average molecular weight is 438 g/mol. The minimum atomic E-state index is -4.66. The van der Waals surface area contributed by atoms with Crippen LogP contribution in [0.5, 0.6) is 0 Å². The van der Waals surface area contributed by atoms with Crippen molar-refractivity contribution in [2.75, 3.05) is 11.4 Å². The normalized spacial score (nSPS) is 14.2. The summed E-state index contributed by atoms with van der Waals surface area (Å²) in [7, 11) is 0. The van der Waals surface area contributed by atoms with Crippen LogP contribution in [0, 0.1) is 0 Å². The monoisotopic (exact) mass is 438 g/mol. The van der Waals surface area contributed by atoms with Crippen LogP contribution in [-0.2, 0) is 6.42 Å². The summed E-state index contributed by atoms with van der Waals surface area (Å²) in [6, 6.07) is 17.1. The lowest BCUT2D eigenvalue weighted by Crippen LogP contribution is -2.38. The highest BCUT2D eigenvalue weighted by atomic mass is 19.4. The van der Waals surface area contributed by atoms with Crippen molar-refractivity contribution in [2.45, 2.75) is 25.6 Å². The number of hydrogen-bond donors (Lipinski definition) is 1. The van der Waals surface area contributed by atoms with Gasteiger partial charge < -0.3 is 10.2 Å². The third kappa shape index (κ3) is 4.10. The molecule has 7 heteroatoms. The fraction of sp³-hybridized carbons (Fsp3) is 0.200. The zero-order valence-electron chi connectivity index (χ0n) is 17.3. The Hall–Kier alpha value is -3.61. The maximum atomic E-state index is 13.7. The number of rotatable bonds is 4. The van der Waals surface area contributed by atoms with E-state index in [0.717, 1.165) is 11.1 Å². The van der Waals surface area contributed by atoms with Crippen LogP contribution in [0.3, 0.4) is 0 Å². The Morgan fingerprint density at radius 1 is 1.00 bits per heavy atom. The van der Waals surface area contributed by atoms with Gasteiger partial charge in [0.05, 0.1) is 0 Å². The summed E-state index contributed by atoms with van der Waals surface area (Å²) in [6.07, 6.45) is -4.17. The number of halogens is 3. The summed E-state index contributed by atoms with van der Waals surface area (Å²) in [6.45, 7) is 2.18. The van der Waals surface area contributed by atoms with Crippen LogP contribution in [0.4, 0.5) is 18.9 Å². The van der Waals surface area contributed by atoms with Crippen LogP contribution in [0.25, 0.3) is 0 Å². The van der Waals surface area contributed by atoms with Crippen LogP contribution >= 0.6 is 0 Å². The van der Waals surface area contributed by atoms with Crippen molar-refractivity contribution in [2.24, 2.45) is 0 Å². The van der Waals surface area contributed by atoms with E-state index in [-0.39, 0.29) is 17.0 Å². The lowest BCUT2D eigenvalue weighted by Gasteiger charge is -2.24. The summed E-state index contributed by atoms with van der Waals surface area (Å²) >= 11 is 0. The molecule has 3 aromatic carbocycles. The summed E-state index contributed by atoms with van der Waals surface area (Å²) < 4.78 is 41.0. The molecule has 4 rings (SSSR count). The van der Waals surface area contributed by atoms with E-state index in [0.29, 0.717) is 24.2 Å². The van der Waals surface area contributed by atoms with Crippen molar-refractivity contribution in [1.29, 1.82) is 0 Å². The molecule has 0 radical (unpaired) electrons. The summed E-state index contributed by atoms with van der Waals surface area (Å²) in [5.41, 5.74) is 2.82. The molecule has 32 heavy (non-hydrogen) atoms. The molecule has 1 heterocycles. The van der Waals surface area contributed by atoms with Gasteiger partial charge in [-0.2, -0.15) is 13.2 Å². The van der Waals surface area contributed by atoms with Crippen LogP contribution in [0.1, 0.15) is 50.4 Å². The van der Waals surface area contributed by atoms with Gasteiger partial charge in [-0.1, -0.05) is 54.6 Å². The fourth-order valence-electron chi connectivity index (χ4n) is 3.98. The molecule has 1 atom stereocenters. The Bertz CT molecular complexity index is 1160. The second-order valence-electron chi connectivity index (χ2n) is 7.59. The lowest BCUT2D eigenvalue weighted by molar-refractivity contribution is -0.155. The van der Waals surface area contributed by atoms with E-state index in [2.05, 4.69) is 5.32 Å². The van der Waals surface area contributed by atoms with Gasteiger partial charge in [0.1, 0.15) is 0 Å². The number of nitrogens with one attached hydrogen (secondary N) is 1. The molecular formula is C25H21F3N2O2. The minimum Gasteiger partial charge on any atom is -0.337 e. The van der Waals surface area contributed by atoms with Gasteiger partial charge in [0.2, 0.25) is 0 Å². The molecule has 4 nitrogen and oxygen atoms in total. The van der Waals surface area contributed by atoms with Crippen LogP contribution in [-0.4, -0.2) is 24.5 Å². The first kappa shape index (κ1) is 21.6. The smallest absolute Gasteiger partial charge is 0.337 e. The van der Waals surface area contributed by atoms with Crippen LogP contribution < -0.4 is 10.2 Å². The van der Waals surface area contributed by atoms with E-state index in [1.165, 1.54) is 36.4 Å². The number of alkyl halides is 3. The Morgan fingerprint density at radius 3 is 2.38 bits per heavy atom. The molecular weight excluding hydrogens is 417 g/mol. The maximum absolute atomic E-state index is 13.7. The first-order chi connectivity index (χ1) is 15.3. The maximum Gasteiger partial charge on any atom is 0.412 e. The summed E-state index contributed by atoms with van der Waals surface area (Å²) in [4.78, 5) is 27.5. The molecule has 1 aliphatic heterocycles. The zero-order valence-corrected chi connectivity index (χ0v) is 17.3. The van der Waals surface area contributed by atoms with Crippen molar-refractivity contribution in [3.05, 3.63) is 101 Å². The largest absolute Gasteiger partial charge is 0.412 e. The second kappa shape index (κ2) is 8.49. The van der Waals surface area contributed by atoms with Crippen molar-refractivity contribution >= 4 is 17.5 Å². The van der Waals surface area contributed by atoms with E-state index >= 15 is 0 Å². The highest BCUT2D eigenvalue weighted by Crippen LogP contribution is 2.34. The number of benzene rings is 3. The van der Waals surface area contributed by atoms with E-state index in [4.69, 9.17) is 0 Å². The topological polar surface area (TPSA) is 49.4 Å². The van der Waals surface area contributed by atoms with Crippen molar-refractivity contribution in [3.8, 4) is 0 Å². The molecule has 0 saturated carbocycles. The van der Waals surface area contributed by atoms with Gasteiger partial charge in [-0.25, -0.2) is 0 Å². The Kier molecular flexibility index (Phi) is 5.74. The Labute approximate surface area is 183 Å². The predicted octanol–water partition coefficient (Wildman–Crippen LogP) is 5.29. The van der Waals surface area contributed by atoms with Crippen molar-refractivity contribution in [3.63, 3.8) is 0 Å². The van der Waals surface area contributed by atoms with Gasteiger partial charge in [0.25, 0.3) is 11.8 Å². The van der Waals surface area contributed by atoms with Gasteiger partial charge in [0, 0.05) is 29.8 Å². The number of nitrogens with zero attached hydrogens (tertiary/aromatic N) is 1. The average Bonchev–Trinajstić information content (AvgIpc) is 2.90. The van der Waals surface area contributed by atoms with E-state index in [1.54, 1.807) is 29.2 Å². The molecule has 2 amide bonds. The SMILES string of the molecule is CCN1C(=O)c2ccccc2Cc2ccc(C(=O)NC(c3ccccc3)C(F)(F)F)cc21. The highest BCUT2D eigenvalue weighted by Gasteiger charge is 2.42. The lowest BCUT2D eigenvalue weighted by atomic mass is 9.99. The number of fused-ring (bicyclic) bond motifs is 2. The fourth-order valence-corrected chi connectivity index (χ4v) is 3.98. The van der Waals surface area contributed by atoms with Gasteiger partial charge >= 0.3 is 6.18 Å². The number of amides is 2. The zero-order chi connectivity index (χ0) is 22.9. The van der Waals surface area contributed by atoms with Gasteiger partial charge in [0.15, 0.2) is 6.04 Å². The molecule has 3 aromatic rings. The van der Waals surface area contributed by atoms with E-state index in [9.17, 15) is 22.8 Å². The first-order valence-electron chi connectivity index (χ1n) is 10.2. The Balaban J connectivity index is 1.69. The second-order valence-corrected chi connectivity index (χ2v) is 7.59.